The van der Waals surface area contributed by atoms with Gasteiger partial charge in [-0.15, -0.1) is 0 Å². The van der Waals surface area contributed by atoms with Gasteiger partial charge in [0, 0.05) is 26.3 Å². The molecule has 7 heteroatoms. The van der Waals surface area contributed by atoms with Crippen LogP contribution >= 0.6 is 0 Å². The van der Waals surface area contributed by atoms with Gasteiger partial charge in [0.05, 0.1) is 5.69 Å². The Hall–Kier alpha value is -1.18. The Morgan fingerprint density at radius 1 is 1.29 bits per heavy atom. The molecule has 96 valence electrons. The summed E-state index contributed by atoms with van der Waals surface area (Å²) in [5, 5.41) is -0.0822. The van der Waals surface area contributed by atoms with E-state index in [0.29, 0.717) is 13.1 Å². The van der Waals surface area contributed by atoms with E-state index < -0.39 is 10.0 Å². The second kappa shape index (κ2) is 5.44. The number of sulfonamides is 1. The number of likely N-dealkylation sites (N-methyl/N-ethyl adjacent to an activating group) is 2. The maximum atomic E-state index is 12.1. The van der Waals surface area contributed by atoms with Crippen LogP contribution in [-0.2, 0) is 10.0 Å². The maximum absolute atomic E-state index is 12.1. The predicted octanol–water partition coefficient (Wildman–Crippen LogP) is -0.154. The molecule has 0 aromatic carbocycles. The van der Waals surface area contributed by atoms with Gasteiger partial charge in [-0.2, -0.15) is 4.31 Å². The van der Waals surface area contributed by atoms with E-state index in [2.05, 4.69) is 4.98 Å². The summed E-state index contributed by atoms with van der Waals surface area (Å²) < 4.78 is 25.5. The number of rotatable bonds is 5. The first kappa shape index (κ1) is 13.9. The van der Waals surface area contributed by atoms with Crippen LogP contribution < -0.4 is 5.73 Å². The molecule has 6 nitrogen and oxygen atoms in total. The second-order valence-corrected chi connectivity index (χ2v) is 5.99. The van der Waals surface area contributed by atoms with Gasteiger partial charge in [0.15, 0.2) is 5.03 Å². The highest BCUT2D eigenvalue weighted by Crippen LogP contribution is 2.17. The third-order valence-corrected chi connectivity index (χ3v) is 4.15. The summed E-state index contributed by atoms with van der Waals surface area (Å²) in [7, 11) is 1.70. The quantitative estimate of drug-likeness (QED) is 0.794. The standard InChI is InChI=1S/C10H18N4O2S/c1-13(2)7-8-14(3)17(15,16)10-9(11)5-4-6-12-10/h4-6H,7-8,11H2,1-3H3. The zero-order chi connectivity index (χ0) is 13.1. The van der Waals surface area contributed by atoms with Crippen LogP contribution in [0, 0.1) is 0 Å². The van der Waals surface area contributed by atoms with Crippen molar-refractivity contribution in [2.75, 3.05) is 40.0 Å². The van der Waals surface area contributed by atoms with Crippen LogP contribution in [0.4, 0.5) is 5.69 Å². The van der Waals surface area contributed by atoms with E-state index in [-0.39, 0.29) is 10.7 Å². The molecule has 0 saturated carbocycles. The topological polar surface area (TPSA) is 79.5 Å². The van der Waals surface area contributed by atoms with Crippen LogP contribution in [0.2, 0.25) is 0 Å². The molecule has 0 aliphatic heterocycles. The zero-order valence-corrected chi connectivity index (χ0v) is 11.1. The van der Waals surface area contributed by atoms with Gasteiger partial charge in [0.2, 0.25) is 0 Å². The number of aromatic nitrogens is 1. The molecule has 0 aliphatic rings. The summed E-state index contributed by atoms with van der Waals surface area (Å²) in [6.45, 7) is 1.04. The molecule has 0 bridgehead atoms. The molecule has 1 aromatic heterocycles. The van der Waals surface area contributed by atoms with Crippen molar-refractivity contribution >= 4 is 15.7 Å². The molecule has 0 saturated heterocycles. The first-order valence-electron chi connectivity index (χ1n) is 5.17. The van der Waals surface area contributed by atoms with Gasteiger partial charge < -0.3 is 10.6 Å². The average molecular weight is 258 g/mol. The van der Waals surface area contributed by atoms with Crippen LogP contribution in [-0.4, -0.2) is 56.8 Å². The number of hydrogen-bond donors (Lipinski definition) is 1. The summed E-state index contributed by atoms with van der Waals surface area (Å²) >= 11 is 0. The lowest BCUT2D eigenvalue weighted by atomic mass is 10.4. The molecule has 17 heavy (non-hydrogen) atoms. The van der Waals surface area contributed by atoms with Gasteiger partial charge in [0.1, 0.15) is 0 Å². The van der Waals surface area contributed by atoms with Crippen molar-refractivity contribution in [3.63, 3.8) is 0 Å². The molecular formula is C10H18N4O2S. The first-order chi connectivity index (χ1) is 7.85. The first-order valence-corrected chi connectivity index (χ1v) is 6.61. The largest absolute Gasteiger partial charge is 0.396 e. The van der Waals surface area contributed by atoms with Gasteiger partial charge in [0.25, 0.3) is 10.0 Å². The molecule has 0 unspecified atom stereocenters. The minimum Gasteiger partial charge on any atom is -0.396 e. The van der Waals surface area contributed by atoms with Crippen LogP contribution in [0.15, 0.2) is 23.4 Å². The SMILES string of the molecule is CN(C)CCN(C)S(=O)(=O)c1ncccc1N. The molecule has 0 radical (unpaired) electrons. The Labute approximate surface area is 102 Å². The van der Waals surface area contributed by atoms with Crippen LogP contribution in [0.1, 0.15) is 0 Å². The number of hydrogen-bond acceptors (Lipinski definition) is 5. The fraction of sp³-hybridized carbons (Fsp3) is 0.500. The van der Waals surface area contributed by atoms with Crippen molar-refractivity contribution in [1.82, 2.24) is 14.2 Å². The molecule has 0 atom stereocenters. The zero-order valence-electron chi connectivity index (χ0n) is 10.3. The van der Waals surface area contributed by atoms with E-state index in [1.165, 1.54) is 23.6 Å². The molecule has 1 aromatic rings. The lowest BCUT2D eigenvalue weighted by Gasteiger charge is -2.19. The van der Waals surface area contributed by atoms with Gasteiger partial charge in [-0.05, 0) is 26.2 Å². The van der Waals surface area contributed by atoms with Gasteiger partial charge >= 0.3 is 0 Å². The molecule has 0 aliphatic carbocycles. The summed E-state index contributed by atoms with van der Waals surface area (Å²) in [6, 6.07) is 3.13. The van der Waals surface area contributed by atoms with Crippen molar-refractivity contribution in [2.24, 2.45) is 0 Å². The van der Waals surface area contributed by atoms with Gasteiger partial charge in [-0.3, -0.25) is 0 Å². The van der Waals surface area contributed by atoms with Crippen molar-refractivity contribution in [2.45, 2.75) is 5.03 Å². The number of nitrogens with two attached hydrogens (primary N) is 1. The monoisotopic (exact) mass is 258 g/mol. The van der Waals surface area contributed by atoms with Crippen LogP contribution in [0.25, 0.3) is 0 Å². The number of nitrogens with zero attached hydrogens (tertiary/aromatic N) is 3. The third kappa shape index (κ3) is 3.39. The minimum absolute atomic E-state index is 0.0822. The van der Waals surface area contributed by atoms with Crippen molar-refractivity contribution in [3.8, 4) is 0 Å². The highest BCUT2D eigenvalue weighted by molar-refractivity contribution is 7.89. The lowest BCUT2D eigenvalue weighted by Crippen LogP contribution is -2.34. The van der Waals surface area contributed by atoms with Crippen LogP contribution in [0.3, 0.4) is 0 Å². The highest BCUT2D eigenvalue weighted by atomic mass is 32.2. The highest BCUT2D eigenvalue weighted by Gasteiger charge is 2.24. The Morgan fingerprint density at radius 2 is 1.94 bits per heavy atom. The fourth-order valence-electron chi connectivity index (χ4n) is 1.23. The summed E-state index contributed by atoms with van der Waals surface area (Å²) in [5.41, 5.74) is 5.79. The van der Waals surface area contributed by atoms with E-state index in [9.17, 15) is 8.42 Å². The van der Waals surface area contributed by atoms with Crippen molar-refractivity contribution in [1.29, 1.82) is 0 Å². The van der Waals surface area contributed by atoms with E-state index in [1.54, 1.807) is 6.07 Å². The van der Waals surface area contributed by atoms with E-state index in [0.717, 1.165) is 0 Å². The Balaban J connectivity index is 2.92. The van der Waals surface area contributed by atoms with Gasteiger partial charge in [-0.25, -0.2) is 13.4 Å². The molecule has 2 N–H and O–H groups in total. The number of nitrogen functional groups attached to an aromatic ring is 1. The third-order valence-electron chi connectivity index (χ3n) is 2.32. The minimum atomic E-state index is -3.59. The summed E-state index contributed by atoms with van der Waals surface area (Å²) in [4.78, 5) is 5.74. The molecule has 0 spiro atoms. The molecular weight excluding hydrogens is 240 g/mol. The fourth-order valence-corrected chi connectivity index (χ4v) is 2.40. The normalized spacial score (nSPS) is 12.3. The number of pyridine rings is 1. The second-order valence-electron chi connectivity index (χ2n) is 4.03. The van der Waals surface area contributed by atoms with E-state index in [1.807, 2.05) is 19.0 Å². The predicted molar refractivity (Wildman–Crippen MR) is 67.0 cm³/mol. The van der Waals surface area contributed by atoms with Crippen molar-refractivity contribution in [3.05, 3.63) is 18.3 Å². The molecule has 1 rings (SSSR count). The Morgan fingerprint density at radius 3 is 2.47 bits per heavy atom. The summed E-state index contributed by atoms with van der Waals surface area (Å²) in [5.74, 6) is 0. The number of anilines is 1. The smallest absolute Gasteiger partial charge is 0.262 e. The molecule has 0 amide bonds. The molecule has 0 fully saturated rings. The van der Waals surface area contributed by atoms with Crippen LogP contribution in [0.5, 0.6) is 0 Å². The van der Waals surface area contributed by atoms with Crippen molar-refractivity contribution < 1.29 is 8.42 Å². The molecule has 1 heterocycles. The van der Waals surface area contributed by atoms with Gasteiger partial charge in [-0.1, -0.05) is 0 Å². The Bertz CT molecular complexity index is 473. The summed E-state index contributed by atoms with van der Waals surface area (Å²) in [6.07, 6.45) is 1.42. The Kier molecular flexibility index (Phi) is 4.44. The maximum Gasteiger partial charge on any atom is 0.262 e. The average Bonchev–Trinajstić information content (AvgIpc) is 2.26. The van der Waals surface area contributed by atoms with E-state index in [4.69, 9.17) is 5.73 Å². The van der Waals surface area contributed by atoms with E-state index >= 15 is 0 Å². The lowest BCUT2D eigenvalue weighted by molar-refractivity contribution is 0.358.